The molecule has 0 heterocycles. The first-order chi connectivity index (χ1) is 6.31. The Labute approximate surface area is 81.0 Å². The smallest absolute Gasteiger partial charge is 0.305 e. The first-order valence-corrected chi connectivity index (χ1v) is 5.11. The van der Waals surface area contributed by atoms with Crippen molar-refractivity contribution in [2.75, 3.05) is 6.61 Å². The van der Waals surface area contributed by atoms with Crippen LogP contribution in [0.1, 0.15) is 46.0 Å². The van der Waals surface area contributed by atoms with Gasteiger partial charge in [0.25, 0.3) is 0 Å². The average molecular weight is 184 g/mol. The van der Waals surface area contributed by atoms with E-state index in [4.69, 9.17) is 4.74 Å². The Morgan fingerprint density at radius 1 is 1.15 bits per heavy atom. The van der Waals surface area contributed by atoms with Crippen molar-refractivity contribution in [1.82, 2.24) is 0 Å². The van der Waals surface area contributed by atoms with Crippen LogP contribution in [0.25, 0.3) is 0 Å². The van der Waals surface area contributed by atoms with E-state index in [2.05, 4.69) is 19.1 Å². The van der Waals surface area contributed by atoms with E-state index in [1.807, 2.05) is 6.92 Å². The molecule has 76 valence electrons. The van der Waals surface area contributed by atoms with Crippen LogP contribution in [0.4, 0.5) is 0 Å². The van der Waals surface area contributed by atoms with Crippen molar-refractivity contribution in [2.24, 2.45) is 0 Å². The third-order valence-electron chi connectivity index (χ3n) is 1.62. The molecule has 0 aromatic rings. The lowest BCUT2D eigenvalue weighted by Gasteiger charge is -2.00. The third-order valence-corrected chi connectivity index (χ3v) is 1.62. The standard InChI is InChI=1S/C11H20O2/c1-3-5-6-7-8-10-13-11(12)9-4-2/h6-7H,3-5,8-10H2,1-2H3/b7-6+. The van der Waals surface area contributed by atoms with Crippen LogP contribution in [0, 0.1) is 0 Å². The van der Waals surface area contributed by atoms with E-state index in [0.29, 0.717) is 13.0 Å². The summed E-state index contributed by atoms with van der Waals surface area (Å²) in [5.41, 5.74) is 0. The topological polar surface area (TPSA) is 26.3 Å². The van der Waals surface area contributed by atoms with Crippen molar-refractivity contribution in [3.8, 4) is 0 Å². The second-order valence-corrected chi connectivity index (χ2v) is 3.02. The molecule has 0 atom stereocenters. The Hall–Kier alpha value is -0.790. The molecule has 2 nitrogen and oxygen atoms in total. The summed E-state index contributed by atoms with van der Waals surface area (Å²) < 4.78 is 4.97. The van der Waals surface area contributed by atoms with E-state index in [-0.39, 0.29) is 5.97 Å². The molecule has 0 amide bonds. The molecular weight excluding hydrogens is 164 g/mol. The number of unbranched alkanes of at least 4 members (excludes halogenated alkanes) is 1. The van der Waals surface area contributed by atoms with E-state index in [9.17, 15) is 4.79 Å². The number of hydrogen-bond donors (Lipinski definition) is 0. The molecule has 0 aliphatic carbocycles. The largest absolute Gasteiger partial charge is 0.465 e. The lowest BCUT2D eigenvalue weighted by molar-refractivity contribution is -0.143. The molecule has 2 heteroatoms. The van der Waals surface area contributed by atoms with Gasteiger partial charge in [-0.15, -0.1) is 0 Å². The highest BCUT2D eigenvalue weighted by molar-refractivity contribution is 5.69. The summed E-state index contributed by atoms with van der Waals surface area (Å²) in [6.45, 7) is 4.65. The predicted molar refractivity (Wildman–Crippen MR) is 54.5 cm³/mol. The third kappa shape index (κ3) is 9.12. The zero-order valence-electron chi connectivity index (χ0n) is 8.71. The molecule has 0 N–H and O–H groups in total. The van der Waals surface area contributed by atoms with E-state index in [1.54, 1.807) is 0 Å². The fourth-order valence-corrected chi connectivity index (χ4v) is 0.919. The van der Waals surface area contributed by atoms with Gasteiger partial charge in [0.15, 0.2) is 0 Å². The lowest BCUT2D eigenvalue weighted by atomic mass is 10.3. The number of ether oxygens (including phenoxy) is 1. The normalized spacial score (nSPS) is 10.6. The van der Waals surface area contributed by atoms with Crippen LogP contribution in [0.5, 0.6) is 0 Å². The van der Waals surface area contributed by atoms with Gasteiger partial charge in [-0.05, 0) is 19.3 Å². The monoisotopic (exact) mass is 184 g/mol. The van der Waals surface area contributed by atoms with Gasteiger partial charge in [0.1, 0.15) is 0 Å². The Balaban J connectivity index is 3.20. The SMILES string of the molecule is CCC/C=C/CCOC(=O)CCC. The summed E-state index contributed by atoms with van der Waals surface area (Å²) in [5.74, 6) is -0.0774. The van der Waals surface area contributed by atoms with Crippen molar-refractivity contribution in [1.29, 1.82) is 0 Å². The molecule has 0 radical (unpaired) electrons. The summed E-state index contributed by atoms with van der Waals surface area (Å²) in [5, 5.41) is 0. The second kappa shape index (κ2) is 9.30. The van der Waals surface area contributed by atoms with Crippen LogP contribution < -0.4 is 0 Å². The summed E-state index contributed by atoms with van der Waals surface area (Å²) in [4.78, 5) is 10.9. The zero-order valence-corrected chi connectivity index (χ0v) is 8.71. The molecule has 0 saturated carbocycles. The summed E-state index contributed by atoms with van der Waals surface area (Å²) in [7, 11) is 0. The van der Waals surface area contributed by atoms with Crippen LogP contribution in [0.2, 0.25) is 0 Å². The van der Waals surface area contributed by atoms with Gasteiger partial charge in [-0.3, -0.25) is 4.79 Å². The average Bonchev–Trinajstić information content (AvgIpc) is 2.11. The quantitative estimate of drug-likeness (QED) is 0.345. The van der Waals surface area contributed by atoms with E-state index in [0.717, 1.165) is 19.3 Å². The minimum Gasteiger partial charge on any atom is -0.465 e. The fourth-order valence-electron chi connectivity index (χ4n) is 0.919. The number of hydrogen-bond acceptors (Lipinski definition) is 2. The minimum absolute atomic E-state index is 0.0774. The maximum absolute atomic E-state index is 10.9. The van der Waals surface area contributed by atoms with Crippen LogP contribution >= 0.6 is 0 Å². The van der Waals surface area contributed by atoms with Crippen LogP contribution in [0.3, 0.4) is 0 Å². The fraction of sp³-hybridized carbons (Fsp3) is 0.727. The molecule has 0 saturated heterocycles. The molecular formula is C11H20O2. The highest BCUT2D eigenvalue weighted by Gasteiger charge is 1.97. The van der Waals surface area contributed by atoms with E-state index < -0.39 is 0 Å². The summed E-state index contributed by atoms with van der Waals surface area (Å²) >= 11 is 0. The van der Waals surface area contributed by atoms with Gasteiger partial charge in [0, 0.05) is 6.42 Å². The van der Waals surface area contributed by atoms with Gasteiger partial charge in [0.05, 0.1) is 6.61 Å². The molecule has 0 fully saturated rings. The molecule has 0 aliphatic rings. The molecule has 0 aromatic heterocycles. The summed E-state index contributed by atoms with van der Waals surface area (Å²) in [6.07, 6.45) is 8.74. The van der Waals surface area contributed by atoms with Crippen molar-refractivity contribution >= 4 is 5.97 Å². The van der Waals surface area contributed by atoms with Crippen molar-refractivity contribution in [2.45, 2.75) is 46.0 Å². The van der Waals surface area contributed by atoms with Gasteiger partial charge in [-0.2, -0.15) is 0 Å². The van der Waals surface area contributed by atoms with Gasteiger partial charge in [-0.1, -0.05) is 32.4 Å². The van der Waals surface area contributed by atoms with Gasteiger partial charge in [-0.25, -0.2) is 0 Å². The van der Waals surface area contributed by atoms with E-state index in [1.165, 1.54) is 6.42 Å². The Bertz CT molecular complexity index is 150. The first kappa shape index (κ1) is 12.2. The Morgan fingerprint density at radius 3 is 2.46 bits per heavy atom. The molecule has 0 rings (SSSR count). The maximum atomic E-state index is 10.9. The maximum Gasteiger partial charge on any atom is 0.305 e. The first-order valence-electron chi connectivity index (χ1n) is 5.11. The second-order valence-electron chi connectivity index (χ2n) is 3.02. The van der Waals surface area contributed by atoms with Crippen molar-refractivity contribution in [3.63, 3.8) is 0 Å². The van der Waals surface area contributed by atoms with Crippen molar-refractivity contribution < 1.29 is 9.53 Å². The molecule has 0 aromatic carbocycles. The number of rotatable bonds is 7. The Kier molecular flexibility index (Phi) is 8.73. The number of esters is 1. The van der Waals surface area contributed by atoms with Crippen LogP contribution in [0.15, 0.2) is 12.2 Å². The number of carbonyl (C=O) groups excluding carboxylic acids is 1. The Morgan fingerprint density at radius 2 is 1.85 bits per heavy atom. The molecule has 0 bridgehead atoms. The van der Waals surface area contributed by atoms with Gasteiger partial charge < -0.3 is 4.74 Å². The highest BCUT2D eigenvalue weighted by atomic mass is 16.5. The molecule has 0 aliphatic heterocycles. The number of allylic oxidation sites excluding steroid dienone is 1. The molecule has 0 unspecified atom stereocenters. The predicted octanol–water partition coefficient (Wildman–Crippen LogP) is 3.08. The molecule has 0 spiro atoms. The van der Waals surface area contributed by atoms with Crippen LogP contribution in [-0.4, -0.2) is 12.6 Å². The van der Waals surface area contributed by atoms with Gasteiger partial charge in [0.2, 0.25) is 0 Å². The molecule has 13 heavy (non-hydrogen) atoms. The number of carbonyl (C=O) groups is 1. The van der Waals surface area contributed by atoms with Crippen LogP contribution in [-0.2, 0) is 9.53 Å². The highest BCUT2D eigenvalue weighted by Crippen LogP contribution is 1.95. The summed E-state index contributed by atoms with van der Waals surface area (Å²) in [6, 6.07) is 0. The lowest BCUT2D eigenvalue weighted by Crippen LogP contribution is -2.04. The zero-order chi connectivity index (χ0) is 9.94. The van der Waals surface area contributed by atoms with Gasteiger partial charge >= 0.3 is 5.97 Å². The minimum atomic E-state index is -0.0774. The van der Waals surface area contributed by atoms with E-state index >= 15 is 0 Å². The van der Waals surface area contributed by atoms with Crippen molar-refractivity contribution in [3.05, 3.63) is 12.2 Å².